The van der Waals surface area contributed by atoms with Gasteiger partial charge in [-0.1, -0.05) is 19.1 Å². The molecule has 0 radical (unpaired) electrons. The number of anilines is 1. The molecule has 2 fully saturated rings. The van der Waals surface area contributed by atoms with Crippen molar-refractivity contribution in [2.45, 2.75) is 32.2 Å². The van der Waals surface area contributed by atoms with Crippen molar-refractivity contribution in [2.24, 2.45) is 11.8 Å². The summed E-state index contributed by atoms with van der Waals surface area (Å²) in [7, 11) is 1.63. The molecule has 0 spiro atoms. The molecule has 3 atom stereocenters. The van der Waals surface area contributed by atoms with Crippen LogP contribution in [0.4, 0.5) is 5.69 Å². The van der Waals surface area contributed by atoms with Gasteiger partial charge in [-0.3, -0.25) is 9.59 Å². The van der Waals surface area contributed by atoms with Gasteiger partial charge in [0.25, 0.3) is 5.91 Å². The van der Waals surface area contributed by atoms with Gasteiger partial charge in [-0.25, -0.2) is 4.98 Å². The lowest BCUT2D eigenvalue weighted by Gasteiger charge is -2.17. The van der Waals surface area contributed by atoms with Crippen molar-refractivity contribution in [3.8, 4) is 0 Å². The predicted octanol–water partition coefficient (Wildman–Crippen LogP) is 2.25. The van der Waals surface area contributed by atoms with Gasteiger partial charge >= 0.3 is 0 Å². The van der Waals surface area contributed by atoms with Crippen molar-refractivity contribution < 1.29 is 14.3 Å². The largest absolute Gasteiger partial charge is 0.384 e. The number of benzene rings is 1. The van der Waals surface area contributed by atoms with Crippen LogP contribution in [0.1, 0.15) is 45.7 Å². The Morgan fingerprint density at radius 2 is 2.06 bits per heavy atom. The zero-order chi connectivity index (χ0) is 22.0. The van der Waals surface area contributed by atoms with Crippen molar-refractivity contribution in [3.63, 3.8) is 0 Å². The summed E-state index contributed by atoms with van der Waals surface area (Å²) in [6.45, 7) is 6.83. The van der Waals surface area contributed by atoms with Crippen molar-refractivity contribution in [1.29, 1.82) is 0 Å². The quantitative estimate of drug-likeness (QED) is 0.643. The van der Waals surface area contributed by atoms with E-state index in [-0.39, 0.29) is 11.8 Å². The van der Waals surface area contributed by atoms with E-state index in [1.54, 1.807) is 7.05 Å². The molecular formula is C24H30N4O3. The first kappa shape index (κ1) is 21.3. The zero-order valence-corrected chi connectivity index (χ0v) is 18.3. The van der Waals surface area contributed by atoms with Crippen LogP contribution in [0, 0.1) is 18.8 Å². The molecule has 5 rings (SSSR count). The molecule has 7 nitrogen and oxygen atoms in total. The van der Waals surface area contributed by atoms with Crippen LogP contribution in [0.25, 0.3) is 0 Å². The Hall–Kier alpha value is -2.93. The molecular weight excluding hydrogens is 392 g/mol. The highest BCUT2D eigenvalue weighted by Gasteiger charge is 2.53. The van der Waals surface area contributed by atoms with Crippen LogP contribution in [0.2, 0.25) is 0 Å². The summed E-state index contributed by atoms with van der Waals surface area (Å²) in [4.78, 5) is 26.4. The summed E-state index contributed by atoms with van der Waals surface area (Å²) in [5, 5.41) is 8.82. The summed E-state index contributed by atoms with van der Waals surface area (Å²) in [6.07, 6.45) is 1.83. The predicted molar refractivity (Wildman–Crippen MR) is 119 cm³/mol. The minimum atomic E-state index is -0.142. The Morgan fingerprint density at radius 1 is 1.29 bits per heavy atom. The van der Waals surface area contributed by atoms with Crippen LogP contribution < -0.4 is 16.0 Å². The minimum absolute atomic E-state index is 0.142. The number of carbonyl (C=O) groups is 2. The van der Waals surface area contributed by atoms with Gasteiger partial charge in [0, 0.05) is 48.8 Å². The lowest BCUT2D eigenvalue weighted by atomic mass is 9.91. The Kier molecular flexibility index (Phi) is 6.23. The number of aryl methyl sites for hydroxylation is 1. The number of fused-ring (bicyclic) bond motifs is 2. The Morgan fingerprint density at radius 3 is 2.77 bits per heavy atom. The summed E-state index contributed by atoms with van der Waals surface area (Å²) in [5.74, 6) is 1.29. The van der Waals surface area contributed by atoms with Crippen LogP contribution in [0.5, 0.6) is 0 Å². The van der Waals surface area contributed by atoms with E-state index in [0.717, 1.165) is 43.8 Å². The molecule has 2 aromatic rings. The highest BCUT2D eigenvalue weighted by Crippen LogP contribution is 2.43. The van der Waals surface area contributed by atoms with E-state index < -0.39 is 0 Å². The van der Waals surface area contributed by atoms with E-state index in [1.807, 2.05) is 13.0 Å². The van der Waals surface area contributed by atoms with Crippen LogP contribution in [-0.2, 0) is 16.0 Å². The summed E-state index contributed by atoms with van der Waals surface area (Å²) in [6, 6.07) is 10.7. The number of pyridine rings is 1. The van der Waals surface area contributed by atoms with E-state index in [4.69, 9.17) is 4.74 Å². The van der Waals surface area contributed by atoms with Crippen LogP contribution in [0.3, 0.4) is 0 Å². The van der Waals surface area contributed by atoms with Crippen molar-refractivity contribution >= 4 is 18.0 Å². The molecule has 3 N–H and O–H groups in total. The molecule has 164 valence electrons. The lowest BCUT2D eigenvalue weighted by molar-refractivity contribution is -0.109. The summed E-state index contributed by atoms with van der Waals surface area (Å²) >= 11 is 0. The van der Waals surface area contributed by atoms with Crippen LogP contribution in [-0.4, -0.2) is 50.1 Å². The van der Waals surface area contributed by atoms with Crippen molar-refractivity contribution in [2.75, 3.05) is 32.1 Å². The smallest absolute Gasteiger partial charge is 0.269 e. The average Bonchev–Trinajstić information content (AvgIpc) is 3.17. The van der Waals surface area contributed by atoms with Crippen LogP contribution in [0.15, 0.2) is 30.3 Å². The van der Waals surface area contributed by atoms with E-state index in [0.29, 0.717) is 23.6 Å². The normalized spacial score (nSPS) is 23.4. The minimum Gasteiger partial charge on any atom is -0.384 e. The third-order valence-corrected chi connectivity index (χ3v) is 6.47. The molecule has 3 heterocycles. The maximum Gasteiger partial charge on any atom is 0.269 e. The maximum atomic E-state index is 11.9. The molecule has 1 aliphatic carbocycles. The van der Waals surface area contributed by atoms with Gasteiger partial charge in [0.15, 0.2) is 0 Å². The van der Waals surface area contributed by atoms with Gasteiger partial charge < -0.3 is 20.7 Å². The SMILES string of the molecule is CNC(=O)c1cc(C)cc(C(C)c2cccc3c2CCN3)n1.O=CNC1C2COCC21. The number of nitrogens with zero attached hydrogens (tertiary/aromatic N) is 1. The first-order chi connectivity index (χ1) is 15.0. The first-order valence-electron chi connectivity index (χ1n) is 10.9. The molecule has 3 aliphatic rings. The average molecular weight is 423 g/mol. The second-order valence-electron chi connectivity index (χ2n) is 8.48. The molecule has 1 aromatic carbocycles. The van der Waals surface area contributed by atoms with Gasteiger partial charge in [-0.15, -0.1) is 0 Å². The fraction of sp³-hybridized carbons (Fsp3) is 0.458. The van der Waals surface area contributed by atoms with Gasteiger partial charge in [0.2, 0.25) is 6.41 Å². The fourth-order valence-electron chi connectivity index (χ4n) is 4.66. The third-order valence-electron chi connectivity index (χ3n) is 6.47. The standard InChI is InChI=1S/C18H21N3O.C6H9NO2/c1-11-9-16(21-17(10-11)18(22)19-3)12(2)13-5-4-6-15-14(13)7-8-20-15;8-3-7-6-4-1-9-2-5(4)6/h4-6,9-10,12,20H,7-8H2,1-3H3,(H,19,22);3-6H,1-2H2,(H,7,8). The number of ether oxygens (including phenoxy) is 1. The van der Waals surface area contributed by atoms with Gasteiger partial charge in [-0.05, 0) is 48.2 Å². The second kappa shape index (κ2) is 9.06. The topological polar surface area (TPSA) is 92.4 Å². The molecule has 31 heavy (non-hydrogen) atoms. The van der Waals surface area contributed by atoms with Crippen molar-refractivity contribution in [1.82, 2.24) is 15.6 Å². The van der Waals surface area contributed by atoms with Gasteiger partial charge in [0.1, 0.15) is 5.69 Å². The molecule has 7 heteroatoms. The zero-order valence-electron chi connectivity index (χ0n) is 18.3. The number of carbonyl (C=O) groups excluding carboxylic acids is 2. The fourth-order valence-corrected chi connectivity index (χ4v) is 4.66. The molecule has 1 saturated heterocycles. The van der Waals surface area contributed by atoms with Gasteiger partial charge in [0.05, 0.1) is 13.2 Å². The number of hydrogen-bond donors (Lipinski definition) is 3. The van der Waals surface area contributed by atoms with Crippen molar-refractivity contribution in [3.05, 3.63) is 58.4 Å². The van der Waals surface area contributed by atoms with E-state index in [2.05, 4.69) is 52.1 Å². The number of rotatable bonds is 5. The maximum absolute atomic E-state index is 11.9. The summed E-state index contributed by atoms with van der Waals surface area (Å²) in [5.41, 5.74) is 6.38. The Bertz CT molecular complexity index is 967. The highest BCUT2D eigenvalue weighted by atomic mass is 16.5. The molecule has 3 unspecified atom stereocenters. The van der Waals surface area contributed by atoms with Crippen LogP contribution >= 0.6 is 0 Å². The number of amides is 2. The number of nitrogens with one attached hydrogen (secondary N) is 3. The third kappa shape index (κ3) is 4.42. The lowest BCUT2D eigenvalue weighted by Crippen LogP contribution is -2.20. The van der Waals surface area contributed by atoms with E-state index >= 15 is 0 Å². The molecule has 0 bridgehead atoms. The van der Waals surface area contributed by atoms with E-state index in [9.17, 15) is 9.59 Å². The molecule has 1 saturated carbocycles. The Balaban J connectivity index is 0.000000212. The molecule has 2 amide bonds. The highest BCUT2D eigenvalue weighted by molar-refractivity contribution is 5.92. The first-order valence-corrected chi connectivity index (χ1v) is 10.9. The molecule has 2 aliphatic heterocycles. The van der Waals surface area contributed by atoms with Gasteiger partial charge in [-0.2, -0.15) is 0 Å². The van der Waals surface area contributed by atoms with E-state index in [1.165, 1.54) is 16.8 Å². The number of aromatic nitrogens is 1. The second-order valence-corrected chi connectivity index (χ2v) is 8.48. The monoisotopic (exact) mass is 422 g/mol. The molecule has 1 aromatic heterocycles. The summed E-state index contributed by atoms with van der Waals surface area (Å²) < 4.78 is 5.13. The Labute approximate surface area is 183 Å². The number of hydrogen-bond acceptors (Lipinski definition) is 5.